The molecule has 0 heterocycles. The van der Waals surface area contributed by atoms with Crippen molar-refractivity contribution in [2.24, 2.45) is 5.41 Å². The number of hydrogen-bond donors (Lipinski definition) is 0. The summed E-state index contributed by atoms with van der Waals surface area (Å²) in [5.41, 5.74) is -0.543. The lowest BCUT2D eigenvalue weighted by Crippen LogP contribution is -2.37. The van der Waals surface area contributed by atoms with Gasteiger partial charge in [-0.3, -0.25) is 4.79 Å². The minimum atomic E-state index is -0.758. The zero-order valence-corrected chi connectivity index (χ0v) is 10.9. The molecule has 1 atom stereocenters. The van der Waals surface area contributed by atoms with Crippen molar-refractivity contribution >= 4 is 5.78 Å². The fourth-order valence-electron chi connectivity index (χ4n) is 1.71. The van der Waals surface area contributed by atoms with Gasteiger partial charge in [-0.2, -0.15) is 0 Å². The Morgan fingerprint density at radius 2 is 1.80 bits per heavy atom. The SMILES string of the molecule is C=CC(=O)C(C)(C)OC(C)CC(C)(C)C. The number of rotatable bonds is 5. The standard InChI is InChI=1S/C13H24O2/c1-8-11(14)13(6,7)15-10(2)9-12(3,4)5/h8,10H,1,9H2,2-7H3. The molecular formula is C13H24O2. The molecule has 0 radical (unpaired) electrons. The molecular weight excluding hydrogens is 188 g/mol. The molecule has 0 spiro atoms. The molecule has 88 valence electrons. The van der Waals surface area contributed by atoms with Crippen molar-refractivity contribution in [1.82, 2.24) is 0 Å². The van der Waals surface area contributed by atoms with Crippen molar-refractivity contribution in [3.63, 3.8) is 0 Å². The third-order valence-electron chi connectivity index (χ3n) is 2.17. The molecule has 0 amide bonds. The van der Waals surface area contributed by atoms with Gasteiger partial charge in [0.2, 0.25) is 0 Å². The predicted octanol–water partition coefficient (Wildman–Crippen LogP) is 3.36. The summed E-state index contributed by atoms with van der Waals surface area (Å²) in [6.45, 7) is 15.5. The molecule has 0 saturated carbocycles. The molecule has 0 rings (SSSR count). The summed E-state index contributed by atoms with van der Waals surface area (Å²) in [5.74, 6) is -0.0664. The molecule has 1 unspecified atom stereocenters. The van der Waals surface area contributed by atoms with Crippen LogP contribution >= 0.6 is 0 Å². The number of ketones is 1. The zero-order chi connectivity index (χ0) is 12.3. The van der Waals surface area contributed by atoms with Crippen molar-refractivity contribution < 1.29 is 9.53 Å². The van der Waals surface area contributed by atoms with Gasteiger partial charge in [0.05, 0.1) is 6.10 Å². The first kappa shape index (κ1) is 14.4. The van der Waals surface area contributed by atoms with Gasteiger partial charge in [0.25, 0.3) is 0 Å². The maximum absolute atomic E-state index is 11.5. The van der Waals surface area contributed by atoms with E-state index in [1.165, 1.54) is 6.08 Å². The Morgan fingerprint density at radius 3 is 2.13 bits per heavy atom. The lowest BCUT2D eigenvalue weighted by molar-refractivity contribution is -0.143. The Bertz CT molecular complexity index is 233. The Labute approximate surface area is 93.7 Å². The van der Waals surface area contributed by atoms with Crippen LogP contribution in [-0.2, 0) is 9.53 Å². The fourth-order valence-corrected chi connectivity index (χ4v) is 1.71. The number of ether oxygens (including phenoxy) is 1. The molecule has 0 aliphatic heterocycles. The first-order valence-electron chi connectivity index (χ1n) is 5.43. The van der Waals surface area contributed by atoms with Crippen molar-refractivity contribution in [2.45, 2.75) is 59.7 Å². The lowest BCUT2D eigenvalue weighted by atomic mass is 9.89. The van der Waals surface area contributed by atoms with Crippen LogP contribution in [0.5, 0.6) is 0 Å². The molecule has 0 aromatic carbocycles. The van der Waals surface area contributed by atoms with Gasteiger partial charge in [0.15, 0.2) is 5.78 Å². The Hall–Kier alpha value is -0.630. The summed E-state index contributed by atoms with van der Waals surface area (Å²) in [4.78, 5) is 11.5. The van der Waals surface area contributed by atoms with E-state index in [9.17, 15) is 4.79 Å². The summed E-state index contributed by atoms with van der Waals surface area (Å²) >= 11 is 0. The second-order valence-corrected chi connectivity index (χ2v) is 5.77. The number of hydrogen-bond acceptors (Lipinski definition) is 2. The van der Waals surface area contributed by atoms with Crippen LogP contribution in [0.1, 0.15) is 48.0 Å². The molecule has 2 heteroatoms. The van der Waals surface area contributed by atoms with Gasteiger partial charge in [0, 0.05) is 0 Å². The van der Waals surface area contributed by atoms with Gasteiger partial charge in [-0.25, -0.2) is 0 Å². The molecule has 0 aliphatic rings. The first-order chi connectivity index (χ1) is 6.58. The fraction of sp³-hybridized carbons (Fsp3) is 0.769. The smallest absolute Gasteiger partial charge is 0.186 e. The Kier molecular flexibility index (Phi) is 4.72. The molecule has 0 aliphatic carbocycles. The number of carbonyl (C=O) groups is 1. The summed E-state index contributed by atoms with van der Waals surface area (Å²) < 4.78 is 5.75. The predicted molar refractivity (Wildman–Crippen MR) is 63.9 cm³/mol. The van der Waals surface area contributed by atoms with Crippen molar-refractivity contribution in [3.05, 3.63) is 12.7 Å². The third-order valence-corrected chi connectivity index (χ3v) is 2.17. The quantitative estimate of drug-likeness (QED) is 0.653. The van der Waals surface area contributed by atoms with E-state index in [2.05, 4.69) is 27.4 Å². The third kappa shape index (κ3) is 5.73. The van der Waals surface area contributed by atoms with E-state index in [1.54, 1.807) is 13.8 Å². The normalized spacial score (nSPS) is 14.8. The summed E-state index contributed by atoms with van der Waals surface area (Å²) in [6, 6.07) is 0. The van der Waals surface area contributed by atoms with Gasteiger partial charge in [0.1, 0.15) is 5.60 Å². The van der Waals surface area contributed by atoms with Crippen molar-refractivity contribution in [2.75, 3.05) is 0 Å². The van der Waals surface area contributed by atoms with Gasteiger partial charge < -0.3 is 4.74 Å². The van der Waals surface area contributed by atoms with Crippen LogP contribution in [0, 0.1) is 5.41 Å². The summed E-state index contributed by atoms with van der Waals surface area (Å²) in [5, 5.41) is 0. The summed E-state index contributed by atoms with van der Waals surface area (Å²) in [6.07, 6.45) is 2.33. The maximum Gasteiger partial charge on any atom is 0.186 e. The molecule has 0 N–H and O–H groups in total. The molecule has 0 saturated heterocycles. The van der Waals surface area contributed by atoms with E-state index in [0.29, 0.717) is 0 Å². The van der Waals surface area contributed by atoms with Crippen LogP contribution in [0.15, 0.2) is 12.7 Å². The monoisotopic (exact) mass is 212 g/mol. The second kappa shape index (κ2) is 4.93. The zero-order valence-electron chi connectivity index (χ0n) is 10.9. The largest absolute Gasteiger partial charge is 0.364 e. The molecule has 0 aromatic heterocycles. The average Bonchev–Trinajstić information content (AvgIpc) is 1.97. The minimum absolute atomic E-state index is 0.0664. The molecule has 0 aromatic rings. The van der Waals surface area contributed by atoms with Gasteiger partial charge in [-0.05, 0) is 38.7 Å². The highest BCUT2D eigenvalue weighted by molar-refractivity contribution is 5.95. The topological polar surface area (TPSA) is 26.3 Å². The second-order valence-electron chi connectivity index (χ2n) is 5.77. The highest BCUT2D eigenvalue weighted by Gasteiger charge is 2.29. The number of carbonyl (C=O) groups excluding carboxylic acids is 1. The molecule has 15 heavy (non-hydrogen) atoms. The van der Waals surface area contributed by atoms with Crippen molar-refractivity contribution in [1.29, 1.82) is 0 Å². The molecule has 0 fully saturated rings. The van der Waals surface area contributed by atoms with Crippen LogP contribution in [0.2, 0.25) is 0 Å². The van der Waals surface area contributed by atoms with Crippen molar-refractivity contribution in [3.8, 4) is 0 Å². The minimum Gasteiger partial charge on any atom is -0.364 e. The highest BCUT2D eigenvalue weighted by Crippen LogP contribution is 2.25. The van der Waals surface area contributed by atoms with E-state index in [0.717, 1.165) is 6.42 Å². The van der Waals surface area contributed by atoms with Gasteiger partial charge >= 0.3 is 0 Å². The lowest BCUT2D eigenvalue weighted by Gasteiger charge is -2.30. The maximum atomic E-state index is 11.5. The van der Waals surface area contributed by atoms with E-state index >= 15 is 0 Å². The first-order valence-corrected chi connectivity index (χ1v) is 5.43. The van der Waals surface area contributed by atoms with Crippen LogP contribution < -0.4 is 0 Å². The van der Waals surface area contributed by atoms with Gasteiger partial charge in [-0.15, -0.1) is 0 Å². The van der Waals surface area contributed by atoms with Crippen LogP contribution in [0.3, 0.4) is 0 Å². The Morgan fingerprint density at radius 1 is 1.33 bits per heavy atom. The highest BCUT2D eigenvalue weighted by atomic mass is 16.5. The van der Waals surface area contributed by atoms with Crippen LogP contribution in [0.4, 0.5) is 0 Å². The van der Waals surface area contributed by atoms with E-state index < -0.39 is 5.60 Å². The molecule has 0 bridgehead atoms. The van der Waals surface area contributed by atoms with E-state index in [1.807, 2.05) is 6.92 Å². The van der Waals surface area contributed by atoms with Gasteiger partial charge in [-0.1, -0.05) is 27.4 Å². The Balaban J connectivity index is 4.34. The summed E-state index contributed by atoms with van der Waals surface area (Å²) in [7, 11) is 0. The molecule has 2 nitrogen and oxygen atoms in total. The van der Waals surface area contributed by atoms with E-state index in [-0.39, 0.29) is 17.3 Å². The van der Waals surface area contributed by atoms with Crippen LogP contribution in [-0.4, -0.2) is 17.5 Å². The van der Waals surface area contributed by atoms with E-state index in [4.69, 9.17) is 4.74 Å². The average molecular weight is 212 g/mol. The van der Waals surface area contributed by atoms with Crippen LogP contribution in [0.25, 0.3) is 0 Å².